The number of carbonyl (C=O) groups is 2. The van der Waals surface area contributed by atoms with E-state index in [0.717, 1.165) is 0 Å². The van der Waals surface area contributed by atoms with Gasteiger partial charge in [-0.15, -0.1) is 0 Å². The molecule has 0 radical (unpaired) electrons. The maximum absolute atomic E-state index is 12.0. The number of amides is 1. The highest BCUT2D eigenvalue weighted by Crippen LogP contribution is 2.20. The second-order valence-corrected chi connectivity index (χ2v) is 4.26. The number of nitrogens with one attached hydrogen (secondary N) is 2. The zero-order valence-corrected chi connectivity index (χ0v) is 10.7. The molecular formula is C12H10ClN3O3. The second kappa shape index (κ2) is 5.11. The first-order chi connectivity index (χ1) is 8.99. The fraction of sp³-hybridized carbons (Fsp3) is 0.0833. The number of carboxylic acid groups (broad SMARTS) is 1. The van der Waals surface area contributed by atoms with Gasteiger partial charge in [0, 0.05) is 18.1 Å². The van der Waals surface area contributed by atoms with E-state index in [1.807, 2.05) is 0 Å². The number of H-pyrrole nitrogens is 1. The van der Waals surface area contributed by atoms with Gasteiger partial charge in [0.25, 0.3) is 5.91 Å². The van der Waals surface area contributed by atoms with Crippen LogP contribution in [0.25, 0.3) is 0 Å². The van der Waals surface area contributed by atoms with E-state index in [2.05, 4.69) is 15.3 Å². The summed E-state index contributed by atoms with van der Waals surface area (Å²) < 4.78 is 0. The summed E-state index contributed by atoms with van der Waals surface area (Å²) in [5, 5.41) is 11.7. The molecule has 0 aliphatic rings. The first-order valence-electron chi connectivity index (χ1n) is 5.33. The van der Waals surface area contributed by atoms with Crippen LogP contribution in [0.2, 0.25) is 5.02 Å². The lowest BCUT2D eigenvalue weighted by molar-refractivity contribution is 0.0692. The van der Waals surface area contributed by atoms with Crippen LogP contribution >= 0.6 is 11.6 Å². The number of aromatic carboxylic acids is 1. The van der Waals surface area contributed by atoms with Gasteiger partial charge in [0.1, 0.15) is 5.69 Å². The molecular weight excluding hydrogens is 270 g/mol. The van der Waals surface area contributed by atoms with Crippen molar-refractivity contribution in [2.75, 3.05) is 5.32 Å². The van der Waals surface area contributed by atoms with E-state index < -0.39 is 11.9 Å². The van der Waals surface area contributed by atoms with Crippen LogP contribution in [0.1, 0.15) is 26.5 Å². The molecule has 0 saturated carbocycles. The third-order valence-corrected chi connectivity index (χ3v) is 2.76. The molecule has 7 heteroatoms. The summed E-state index contributed by atoms with van der Waals surface area (Å²) in [6.07, 6.45) is 2.78. The van der Waals surface area contributed by atoms with Gasteiger partial charge in [-0.2, -0.15) is 0 Å². The Morgan fingerprint density at radius 1 is 1.47 bits per heavy atom. The fourth-order valence-corrected chi connectivity index (χ4v) is 1.78. The molecule has 0 atom stereocenters. The molecule has 1 amide bonds. The minimum absolute atomic E-state index is 0.0779. The van der Waals surface area contributed by atoms with Gasteiger partial charge in [-0.25, -0.2) is 4.79 Å². The average molecular weight is 280 g/mol. The number of aromatic amines is 1. The predicted octanol–water partition coefficient (Wildman–Crippen LogP) is 2.32. The van der Waals surface area contributed by atoms with Crippen molar-refractivity contribution in [1.82, 2.24) is 9.97 Å². The Morgan fingerprint density at radius 2 is 2.21 bits per heavy atom. The molecule has 98 valence electrons. The maximum atomic E-state index is 12.0. The van der Waals surface area contributed by atoms with Crippen molar-refractivity contribution in [3.63, 3.8) is 0 Å². The highest BCUT2D eigenvalue weighted by molar-refractivity contribution is 6.34. The highest BCUT2D eigenvalue weighted by atomic mass is 35.5. The number of hydrogen-bond donors (Lipinski definition) is 3. The lowest BCUT2D eigenvalue weighted by Gasteiger charge is -2.05. The predicted molar refractivity (Wildman–Crippen MR) is 69.7 cm³/mol. The molecule has 3 N–H and O–H groups in total. The number of anilines is 1. The van der Waals surface area contributed by atoms with Gasteiger partial charge in [0.05, 0.1) is 16.3 Å². The van der Waals surface area contributed by atoms with Crippen LogP contribution in [0.3, 0.4) is 0 Å². The molecule has 2 aromatic rings. The fourth-order valence-electron chi connectivity index (χ4n) is 1.59. The smallest absolute Gasteiger partial charge is 0.354 e. The number of carbonyl (C=O) groups excluding carboxylic acids is 1. The Kier molecular flexibility index (Phi) is 3.52. The SMILES string of the molecule is Cc1cc(NC(=O)c2cnccc2Cl)c(C(=O)O)[nH]1. The van der Waals surface area contributed by atoms with Gasteiger partial charge in [-0.05, 0) is 19.1 Å². The van der Waals surface area contributed by atoms with E-state index in [-0.39, 0.29) is 22.0 Å². The van der Waals surface area contributed by atoms with Crippen LogP contribution in [0, 0.1) is 6.92 Å². The first kappa shape index (κ1) is 13.1. The molecule has 2 heterocycles. The standard InChI is InChI=1S/C12H10ClN3O3/c1-6-4-9(10(15-6)12(18)19)16-11(17)7-5-14-3-2-8(7)13/h2-5,15H,1H3,(H,16,17)(H,18,19). The van der Waals surface area contributed by atoms with Crippen molar-refractivity contribution in [2.45, 2.75) is 6.92 Å². The summed E-state index contributed by atoms with van der Waals surface area (Å²) in [6.45, 7) is 1.69. The van der Waals surface area contributed by atoms with Gasteiger partial charge >= 0.3 is 5.97 Å². The Hall–Kier alpha value is -2.34. The number of rotatable bonds is 3. The summed E-state index contributed by atoms with van der Waals surface area (Å²) in [5.41, 5.74) is 0.921. The van der Waals surface area contributed by atoms with E-state index in [1.54, 1.807) is 6.92 Å². The minimum atomic E-state index is -1.15. The molecule has 0 aliphatic heterocycles. The van der Waals surface area contributed by atoms with Crippen molar-refractivity contribution in [3.05, 3.63) is 46.5 Å². The molecule has 19 heavy (non-hydrogen) atoms. The Bertz CT molecular complexity index is 651. The van der Waals surface area contributed by atoms with Crippen molar-refractivity contribution in [2.24, 2.45) is 0 Å². The van der Waals surface area contributed by atoms with E-state index in [1.165, 1.54) is 24.5 Å². The average Bonchev–Trinajstić information content (AvgIpc) is 2.70. The number of aromatic nitrogens is 2. The Labute approximate surface area is 113 Å². The quantitative estimate of drug-likeness (QED) is 0.803. The van der Waals surface area contributed by atoms with E-state index in [9.17, 15) is 9.59 Å². The van der Waals surface area contributed by atoms with E-state index in [0.29, 0.717) is 5.69 Å². The minimum Gasteiger partial charge on any atom is -0.477 e. The number of pyridine rings is 1. The normalized spacial score (nSPS) is 10.2. The van der Waals surface area contributed by atoms with Gasteiger partial charge in [-0.3, -0.25) is 9.78 Å². The Balaban J connectivity index is 2.29. The third-order valence-electron chi connectivity index (χ3n) is 2.43. The lowest BCUT2D eigenvalue weighted by Crippen LogP contribution is -2.14. The van der Waals surface area contributed by atoms with Gasteiger partial charge in [-0.1, -0.05) is 11.6 Å². The molecule has 2 rings (SSSR count). The highest BCUT2D eigenvalue weighted by Gasteiger charge is 2.17. The maximum Gasteiger partial charge on any atom is 0.354 e. The van der Waals surface area contributed by atoms with Crippen LogP contribution < -0.4 is 5.32 Å². The summed E-state index contributed by atoms with van der Waals surface area (Å²) in [7, 11) is 0. The van der Waals surface area contributed by atoms with Crippen LogP contribution in [-0.4, -0.2) is 27.0 Å². The summed E-state index contributed by atoms with van der Waals surface area (Å²) in [4.78, 5) is 29.4. The van der Waals surface area contributed by atoms with E-state index in [4.69, 9.17) is 16.7 Å². The monoisotopic (exact) mass is 279 g/mol. The number of nitrogens with zero attached hydrogens (tertiary/aromatic N) is 1. The third kappa shape index (κ3) is 2.74. The van der Waals surface area contributed by atoms with Crippen molar-refractivity contribution in [1.29, 1.82) is 0 Å². The summed E-state index contributed by atoms with van der Waals surface area (Å²) >= 11 is 5.87. The zero-order chi connectivity index (χ0) is 14.0. The van der Waals surface area contributed by atoms with Crippen LogP contribution in [0.5, 0.6) is 0 Å². The number of aryl methyl sites for hydroxylation is 1. The lowest BCUT2D eigenvalue weighted by atomic mass is 10.2. The summed E-state index contributed by atoms with van der Waals surface area (Å²) in [6, 6.07) is 3.02. The van der Waals surface area contributed by atoms with Crippen LogP contribution in [0.4, 0.5) is 5.69 Å². The van der Waals surface area contributed by atoms with Gasteiger partial charge < -0.3 is 15.4 Å². The topological polar surface area (TPSA) is 95.1 Å². The van der Waals surface area contributed by atoms with Gasteiger partial charge in [0.2, 0.25) is 0 Å². The molecule has 2 aromatic heterocycles. The number of carboxylic acids is 1. The zero-order valence-electron chi connectivity index (χ0n) is 9.90. The summed E-state index contributed by atoms with van der Waals surface area (Å²) in [5.74, 6) is -1.67. The molecule has 6 nitrogen and oxygen atoms in total. The molecule has 0 aliphatic carbocycles. The molecule has 0 bridgehead atoms. The van der Waals surface area contributed by atoms with E-state index >= 15 is 0 Å². The molecule has 0 saturated heterocycles. The number of hydrogen-bond acceptors (Lipinski definition) is 3. The van der Waals surface area contributed by atoms with Crippen molar-refractivity contribution in [3.8, 4) is 0 Å². The molecule has 0 fully saturated rings. The molecule has 0 aromatic carbocycles. The van der Waals surface area contributed by atoms with Gasteiger partial charge in [0.15, 0.2) is 0 Å². The molecule has 0 spiro atoms. The first-order valence-corrected chi connectivity index (χ1v) is 5.70. The van der Waals surface area contributed by atoms with Crippen molar-refractivity contribution >= 4 is 29.2 Å². The number of halogens is 1. The Morgan fingerprint density at radius 3 is 2.84 bits per heavy atom. The second-order valence-electron chi connectivity index (χ2n) is 3.86. The largest absolute Gasteiger partial charge is 0.477 e. The van der Waals surface area contributed by atoms with Crippen LogP contribution in [-0.2, 0) is 0 Å². The molecule has 0 unspecified atom stereocenters. The van der Waals surface area contributed by atoms with Crippen molar-refractivity contribution < 1.29 is 14.7 Å². The van der Waals surface area contributed by atoms with Crippen LogP contribution in [0.15, 0.2) is 24.5 Å².